The third kappa shape index (κ3) is 6.31. The first kappa shape index (κ1) is 15.4. The van der Waals surface area contributed by atoms with Crippen LogP contribution in [-0.4, -0.2) is 25.4 Å². The maximum Gasteiger partial charge on any atom is 0.132 e. The maximum absolute atomic E-state index is 5.81. The Morgan fingerprint density at radius 1 is 1.17 bits per heavy atom. The molecular formula is C15H25NOS. The fraction of sp³-hybridized carbons (Fsp3) is 0.600. The normalized spacial score (nSPS) is 10.9. The van der Waals surface area contributed by atoms with Crippen molar-refractivity contribution in [2.45, 2.75) is 44.0 Å². The van der Waals surface area contributed by atoms with E-state index in [0.717, 1.165) is 25.3 Å². The van der Waals surface area contributed by atoms with Crippen LogP contribution in [0.2, 0.25) is 0 Å². The number of thioether (sulfide) groups is 1. The molecule has 0 aromatic heterocycles. The zero-order valence-corrected chi connectivity index (χ0v) is 12.6. The third-order valence-corrected chi connectivity index (χ3v) is 3.48. The van der Waals surface area contributed by atoms with Gasteiger partial charge < -0.3 is 10.1 Å². The minimum Gasteiger partial charge on any atom is -0.492 e. The van der Waals surface area contributed by atoms with Crippen molar-refractivity contribution in [1.29, 1.82) is 0 Å². The maximum atomic E-state index is 5.81. The van der Waals surface area contributed by atoms with Gasteiger partial charge in [0.1, 0.15) is 5.75 Å². The van der Waals surface area contributed by atoms with Crippen molar-refractivity contribution < 1.29 is 4.74 Å². The molecule has 1 N–H and O–H groups in total. The van der Waals surface area contributed by atoms with Gasteiger partial charge in [-0.1, -0.05) is 26.0 Å². The smallest absolute Gasteiger partial charge is 0.132 e. The quantitative estimate of drug-likeness (QED) is 0.540. The van der Waals surface area contributed by atoms with Crippen molar-refractivity contribution in [1.82, 2.24) is 5.32 Å². The molecule has 1 aromatic rings. The molecule has 0 bridgehead atoms. The van der Waals surface area contributed by atoms with Crippen LogP contribution in [0.3, 0.4) is 0 Å². The molecule has 1 aromatic carbocycles. The number of unbranched alkanes of at least 4 members (excludes halogenated alkanes) is 2. The van der Waals surface area contributed by atoms with Crippen molar-refractivity contribution >= 4 is 11.8 Å². The van der Waals surface area contributed by atoms with E-state index in [0.29, 0.717) is 6.04 Å². The summed E-state index contributed by atoms with van der Waals surface area (Å²) >= 11 is 1.74. The Bertz CT molecular complexity index is 328. The van der Waals surface area contributed by atoms with E-state index in [1.165, 1.54) is 17.7 Å². The molecule has 2 nitrogen and oxygen atoms in total. The highest BCUT2D eigenvalue weighted by Gasteiger charge is 2.00. The van der Waals surface area contributed by atoms with Gasteiger partial charge in [-0.25, -0.2) is 0 Å². The SMILES string of the molecule is CSc1ccccc1OCCCCCNC(C)C. The summed E-state index contributed by atoms with van der Waals surface area (Å²) in [6.45, 7) is 6.29. The average molecular weight is 267 g/mol. The zero-order valence-electron chi connectivity index (χ0n) is 11.7. The van der Waals surface area contributed by atoms with Crippen molar-refractivity contribution in [3.8, 4) is 5.75 Å². The number of benzene rings is 1. The van der Waals surface area contributed by atoms with Gasteiger partial charge >= 0.3 is 0 Å². The Labute approximate surface area is 116 Å². The number of hydrogen-bond acceptors (Lipinski definition) is 3. The lowest BCUT2D eigenvalue weighted by molar-refractivity contribution is 0.298. The minimum absolute atomic E-state index is 0.592. The largest absolute Gasteiger partial charge is 0.492 e. The molecule has 3 heteroatoms. The van der Waals surface area contributed by atoms with E-state index in [1.807, 2.05) is 12.1 Å². The molecule has 0 saturated heterocycles. The van der Waals surface area contributed by atoms with Crippen LogP contribution in [0.1, 0.15) is 33.1 Å². The molecule has 1 rings (SSSR count). The van der Waals surface area contributed by atoms with E-state index in [2.05, 4.69) is 37.6 Å². The second-order valence-corrected chi connectivity index (χ2v) is 5.52. The van der Waals surface area contributed by atoms with Gasteiger partial charge in [0.2, 0.25) is 0 Å². The van der Waals surface area contributed by atoms with Gasteiger partial charge in [-0.2, -0.15) is 0 Å². The van der Waals surface area contributed by atoms with E-state index >= 15 is 0 Å². The first-order valence-corrected chi connectivity index (χ1v) is 7.95. The summed E-state index contributed by atoms with van der Waals surface area (Å²) in [7, 11) is 0. The summed E-state index contributed by atoms with van der Waals surface area (Å²) < 4.78 is 5.81. The van der Waals surface area contributed by atoms with E-state index in [-0.39, 0.29) is 0 Å². The molecule has 0 fully saturated rings. The summed E-state index contributed by atoms with van der Waals surface area (Å²) in [5.74, 6) is 1.02. The number of ether oxygens (including phenoxy) is 1. The van der Waals surface area contributed by atoms with E-state index in [4.69, 9.17) is 4.74 Å². The Balaban J connectivity index is 2.10. The molecule has 0 atom stereocenters. The number of para-hydroxylation sites is 1. The van der Waals surface area contributed by atoms with Crippen LogP contribution in [-0.2, 0) is 0 Å². The summed E-state index contributed by atoms with van der Waals surface area (Å²) in [6.07, 6.45) is 5.66. The lowest BCUT2D eigenvalue weighted by atomic mass is 10.2. The van der Waals surface area contributed by atoms with Gasteiger partial charge in [-0.15, -0.1) is 11.8 Å². The zero-order chi connectivity index (χ0) is 13.2. The Kier molecular flexibility index (Phi) is 7.94. The van der Waals surface area contributed by atoms with Gasteiger partial charge in [0.15, 0.2) is 0 Å². The van der Waals surface area contributed by atoms with Gasteiger partial charge in [0.25, 0.3) is 0 Å². The Morgan fingerprint density at radius 2 is 1.94 bits per heavy atom. The molecule has 0 amide bonds. The molecule has 0 aliphatic heterocycles. The van der Waals surface area contributed by atoms with Crippen LogP contribution in [0.5, 0.6) is 5.75 Å². The minimum atomic E-state index is 0.592. The fourth-order valence-corrected chi connectivity index (χ4v) is 2.26. The van der Waals surface area contributed by atoms with Crippen molar-refractivity contribution in [3.63, 3.8) is 0 Å². The highest BCUT2D eigenvalue weighted by Crippen LogP contribution is 2.26. The first-order chi connectivity index (χ1) is 8.74. The summed E-state index contributed by atoms with van der Waals surface area (Å²) in [5.41, 5.74) is 0. The topological polar surface area (TPSA) is 21.3 Å². The third-order valence-electron chi connectivity index (χ3n) is 2.70. The lowest BCUT2D eigenvalue weighted by Crippen LogP contribution is -2.23. The molecule has 102 valence electrons. The van der Waals surface area contributed by atoms with Crippen LogP contribution in [0.25, 0.3) is 0 Å². The predicted molar refractivity (Wildman–Crippen MR) is 80.7 cm³/mol. The highest BCUT2D eigenvalue weighted by molar-refractivity contribution is 7.98. The highest BCUT2D eigenvalue weighted by atomic mass is 32.2. The lowest BCUT2D eigenvalue weighted by Gasteiger charge is -2.10. The molecule has 0 unspecified atom stereocenters. The second kappa shape index (κ2) is 9.29. The average Bonchev–Trinajstić information content (AvgIpc) is 2.37. The standard InChI is InChI=1S/C15H25NOS/c1-13(2)16-11-7-4-8-12-17-14-9-5-6-10-15(14)18-3/h5-6,9-10,13,16H,4,7-8,11-12H2,1-3H3. The van der Waals surface area contributed by atoms with Crippen LogP contribution in [0.4, 0.5) is 0 Å². The monoisotopic (exact) mass is 267 g/mol. The number of rotatable bonds is 9. The second-order valence-electron chi connectivity index (χ2n) is 4.67. The Hall–Kier alpha value is -0.670. The molecule has 0 saturated carbocycles. The summed E-state index contributed by atoms with van der Waals surface area (Å²) in [6, 6.07) is 8.83. The van der Waals surface area contributed by atoms with Crippen molar-refractivity contribution in [2.75, 3.05) is 19.4 Å². The summed E-state index contributed by atoms with van der Waals surface area (Å²) in [5, 5.41) is 3.43. The van der Waals surface area contributed by atoms with Gasteiger partial charge in [-0.05, 0) is 44.2 Å². The summed E-state index contributed by atoms with van der Waals surface area (Å²) in [4.78, 5) is 1.22. The van der Waals surface area contributed by atoms with E-state index < -0.39 is 0 Å². The van der Waals surface area contributed by atoms with Crippen molar-refractivity contribution in [2.24, 2.45) is 0 Å². The molecule has 0 spiro atoms. The molecule has 0 aliphatic carbocycles. The molecule has 0 radical (unpaired) electrons. The van der Waals surface area contributed by atoms with Crippen LogP contribution >= 0.6 is 11.8 Å². The number of nitrogens with one attached hydrogen (secondary N) is 1. The van der Waals surface area contributed by atoms with Crippen LogP contribution in [0, 0.1) is 0 Å². The molecule has 0 aliphatic rings. The van der Waals surface area contributed by atoms with Crippen LogP contribution < -0.4 is 10.1 Å². The predicted octanol–water partition coefficient (Wildman–Crippen LogP) is 3.96. The van der Waals surface area contributed by atoms with Gasteiger partial charge in [-0.3, -0.25) is 0 Å². The van der Waals surface area contributed by atoms with Crippen LogP contribution in [0.15, 0.2) is 29.2 Å². The fourth-order valence-electron chi connectivity index (χ4n) is 1.71. The Morgan fingerprint density at radius 3 is 2.67 bits per heavy atom. The van der Waals surface area contributed by atoms with Gasteiger partial charge in [0, 0.05) is 10.9 Å². The number of hydrogen-bond donors (Lipinski definition) is 1. The first-order valence-electron chi connectivity index (χ1n) is 6.73. The molecule has 18 heavy (non-hydrogen) atoms. The molecule has 0 heterocycles. The van der Waals surface area contributed by atoms with E-state index in [1.54, 1.807) is 11.8 Å². The van der Waals surface area contributed by atoms with Crippen molar-refractivity contribution in [3.05, 3.63) is 24.3 Å². The molecular weight excluding hydrogens is 242 g/mol. The van der Waals surface area contributed by atoms with E-state index in [9.17, 15) is 0 Å². The van der Waals surface area contributed by atoms with Gasteiger partial charge in [0.05, 0.1) is 6.61 Å².